The molecule has 0 amide bonds. The molecule has 7 heteroatoms. The van der Waals surface area contributed by atoms with Crippen LogP contribution < -0.4 is 18.9 Å². The lowest BCUT2D eigenvalue weighted by atomic mass is 10.1. The standard InChI is InChI=1S/C23H24O7/c1-6-28-23(25)14(3)29-17-11-10-16-20(24)19(30-21(16)13(17)2)12-15-8-7-9-18(26-4)22(15)27-5/h7-12,14H,6H2,1-5H3/b19-12-. The number of hydrogen-bond donors (Lipinski definition) is 0. The highest BCUT2D eigenvalue weighted by atomic mass is 16.6. The molecule has 7 nitrogen and oxygen atoms in total. The van der Waals surface area contributed by atoms with E-state index in [1.807, 2.05) is 0 Å². The van der Waals surface area contributed by atoms with Gasteiger partial charge in [-0.05, 0) is 45.0 Å². The average molecular weight is 412 g/mol. The van der Waals surface area contributed by atoms with E-state index in [0.717, 1.165) is 0 Å². The molecule has 0 aliphatic carbocycles. The molecule has 30 heavy (non-hydrogen) atoms. The van der Waals surface area contributed by atoms with Crippen LogP contribution in [0.15, 0.2) is 36.1 Å². The molecule has 3 rings (SSSR count). The number of methoxy groups -OCH3 is 2. The zero-order chi connectivity index (χ0) is 21.8. The minimum absolute atomic E-state index is 0.162. The van der Waals surface area contributed by atoms with Crippen LogP contribution in [0.3, 0.4) is 0 Å². The summed E-state index contributed by atoms with van der Waals surface area (Å²) in [5, 5.41) is 0. The fraction of sp³-hybridized carbons (Fsp3) is 0.304. The van der Waals surface area contributed by atoms with E-state index in [9.17, 15) is 9.59 Å². The summed E-state index contributed by atoms with van der Waals surface area (Å²) in [6.45, 7) is 5.39. The lowest BCUT2D eigenvalue weighted by Gasteiger charge is -2.16. The van der Waals surface area contributed by atoms with Gasteiger partial charge in [0.1, 0.15) is 11.5 Å². The van der Waals surface area contributed by atoms with Crippen molar-refractivity contribution < 1.29 is 33.3 Å². The van der Waals surface area contributed by atoms with Crippen molar-refractivity contribution in [2.45, 2.75) is 26.9 Å². The van der Waals surface area contributed by atoms with E-state index < -0.39 is 12.1 Å². The molecule has 1 atom stereocenters. The Bertz CT molecular complexity index is 1010. The number of benzene rings is 2. The van der Waals surface area contributed by atoms with Gasteiger partial charge in [0, 0.05) is 11.1 Å². The van der Waals surface area contributed by atoms with E-state index in [1.165, 1.54) is 7.11 Å². The molecule has 0 aromatic heterocycles. The van der Waals surface area contributed by atoms with Crippen LogP contribution in [0.5, 0.6) is 23.0 Å². The number of carbonyl (C=O) groups excluding carboxylic acids is 2. The fourth-order valence-electron chi connectivity index (χ4n) is 3.16. The van der Waals surface area contributed by atoms with Crippen molar-refractivity contribution in [1.29, 1.82) is 0 Å². The Labute approximate surface area is 175 Å². The third kappa shape index (κ3) is 3.96. The quantitative estimate of drug-likeness (QED) is 0.503. The van der Waals surface area contributed by atoms with E-state index in [2.05, 4.69) is 0 Å². The maximum Gasteiger partial charge on any atom is 0.347 e. The minimum Gasteiger partial charge on any atom is -0.493 e. The molecule has 0 spiro atoms. The third-order valence-corrected chi connectivity index (χ3v) is 4.68. The number of ketones is 1. The van der Waals surface area contributed by atoms with Crippen molar-refractivity contribution in [2.75, 3.05) is 20.8 Å². The number of allylic oxidation sites excluding steroid dienone is 1. The lowest BCUT2D eigenvalue weighted by molar-refractivity contribution is -0.150. The molecular weight excluding hydrogens is 388 g/mol. The van der Waals surface area contributed by atoms with Gasteiger partial charge in [-0.2, -0.15) is 0 Å². The van der Waals surface area contributed by atoms with Crippen LogP contribution in [0.2, 0.25) is 0 Å². The second kappa shape index (κ2) is 8.90. The summed E-state index contributed by atoms with van der Waals surface area (Å²) in [5.74, 6) is 1.36. The Morgan fingerprint density at radius 2 is 1.90 bits per heavy atom. The first-order chi connectivity index (χ1) is 14.4. The van der Waals surface area contributed by atoms with Gasteiger partial charge in [0.2, 0.25) is 5.78 Å². The number of hydrogen-bond acceptors (Lipinski definition) is 7. The van der Waals surface area contributed by atoms with Gasteiger partial charge in [-0.25, -0.2) is 4.79 Å². The van der Waals surface area contributed by atoms with Crippen LogP contribution in [0.4, 0.5) is 0 Å². The molecule has 1 aliphatic rings. The summed E-state index contributed by atoms with van der Waals surface area (Å²) in [7, 11) is 3.08. The van der Waals surface area contributed by atoms with Crippen molar-refractivity contribution in [3.63, 3.8) is 0 Å². The van der Waals surface area contributed by atoms with E-state index in [4.69, 9.17) is 23.7 Å². The molecule has 1 aliphatic heterocycles. The number of fused-ring (bicyclic) bond motifs is 1. The first-order valence-corrected chi connectivity index (χ1v) is 9.53. The highest BCUT2D eigenvalue weighted by molar-refractivity contribution is 6.15. The molecule has 0 saturated carbocycles. The number of ether oxygens (including phenoxy) is 5. The lowest BCUT2D eigenvalue weighted by Crippen LogP contribution is -2.26. The summed E-state index contributed by atoms with van der Waals surface area (Å²) in [5.41, 5.74) is 1.70. The van der Waals surface area contributed by atoms with Crippen LogP contribution in [-0.4, -0.2) is 38.7 Å². The maximum absolute atomic E-state index is 12.9. The van der Waals surface area contributed by atoms with Gasteiger partial charge in [0.25, 0.3) is 0 Å². The predicted molar refractivity (Wildman–Crippen MR) is 110 cm³/mol. The van der Waals surface area contributed by atoms with Gasteiger partial charge >= 0.3 is 5.97 Å². The maximum atomic E-state index is 12.9. The van der Waals surface area contributed by atoms with Crippen molar-refractivity contribution >= 4 is 17.8 Å². The van der Waals surface area contributed by atoms with Gasteiger partial charge in [0.15, 0.2) is 23.4 Å². The van der Waals surface area contributed by atoms with Crippen molar-refractivity contribution in [3.8, 4) is 23.0 Å². The molecule has 2 aromatic rings. The molecule has 2 aromatic carbocycles. The Morgan fingerprint density at radius 3 is 2.57 bits per heavy atom. The Morgan fingerprint density at radius 1 is 1.13 bits per heavy atom. The topological polar surface area (TPSA) is 80.3 Å². The Kier molecular flexibility index (Phi) is 6.30. The molecular formula is C23H24O7. The molecule has 0 N–H and O–H groups in total. The van der Waals surface area contributed by atoms with Crippen molar-refractivity contribution in [1.82, 2.24) is 0 Å². The van der Waals surface area contributed by atoms with Gasteiger partial charge in [-0.15, -0.1) is 0 Å². The molecule has 1 unspecified atom stereocenters. The summed E-state index contributed by atoms with van der Waals surface area (Å²) < 4.78 is 27.3. The summed E-state index contributed by atoms with van der Waals surface area (Å²) in [6.07, 6.45) is 0.833. The zero-order valence-electron chi connectivity index (χ0n) is 17.6. The number of Topliss-reactive ketones (excluding diaryl/α,β-unsaturated/α-hetero) is 1. The highest BCUT2D eigenvalue weighted by Crippen LogP contribution is 2.40. The number of carbonyl (C=O) groups is 2. The first kappa shape index (κ1) is 21.2. The summed E-state index contributed by atoms with van der Waals surface area (Å²) in [6, 6.07) is 8.65. The van der Waals surface area contributed by atoms with Gasteiger partial charge in [-0.3, -0.25) is 4.79 Å². The first-order valence-electron chi connectivity index (χ1n) is 9.53. The molecule has 0 saturated heterocycles. The van der Waals surface area contributed by atoms with Crippen molar-refractivity contribution in [2.24, 2.45) is 0 Å². The molecule has 158 valence electrons. The van der Waals surface area contributed by atoms with Crippen LogP contribution in [0, 0.1) is 6.92 Å². The van der Waals surface area contributed by atoms with E-state index in [1.54, 1.807) is 64.3 Å². The van der Waals surface area contributed by atoms with Crippen LogP contribution in [-0.2, 0) is 9.53 Å². The number of para-hydroxylation sites is 1. The molecule has 0 bridgehead atoms. The third-order valence-electron chi connectivity index (χ3n) is 4.68. The predicted octanol–water partition coefficient (Wildman–Crippen LogP) is 3.96. The second-order valence-corrected chi connectivity index (χ2v) is 6.60. The molecule has 0 radical (unpaired) electrons. The zero-order valence-corrected chi connectivity index (χ0v) is 17.6. The van der Waals surface area contributed by atoms with E-state index in [0.29, 0.717) is 39.7 Å². The van der Waals surface area contributed by atoms with Crippen LogP contribution >= 0.6 is 0 Å². The monoisotopic (exact) mass is 412 g/mol. The summed E-state index contributed by atoms with van der Waals surface area (Å²) in [4.78, 5) is 24.7. The number of rotatable bonds is 7. The van der Waals surface area contributed by atoms with Gasteiger partial charge in [-0.1, -0.05) is 12.1 Å². The van der Waals surface area contributed by atoms with E-state index in [-0.39, 0.29) is 18.1 Å². The Balaban J connectivity index is 1.91. The van der Waals surface area contributed by atoms with Crippen LogP contribution in [0.1, 0.15) is 35.3 Å². The molecule has 0 fully saturated rings. The fourth-order valence-corrected chi connectivity index (χ4v) is 3.16. The van der Waals surface area contributed by atoms with E-state index >= 15 is 0 Å². The van der Waals surface area contributed by atoms with Gasteiger partial charge in [0.05, 0.1) is 26.4 Å². The molecule has 1 heterocycles. The second-order valence-electron chi connectivity index (χ2n) is 6.60. The number of esters is 1. The minimum atomic E-state index is -0.783. The Hall–Kier alpha value is -3.48. The normalized spacial score (nSPS) is 14.7. The average Bonchev–Trinajstić information content (AvgIpc) is 3.06. The smallest absolute Gasteiger partial charge is 0.347 e. The van der Waals surface area contributed by atoms with Crippen molar-refractivity contribution in [3.05, 3.63) is 52.8 Å². The SMILES string of the molecule is CCOC(=O)C(C)Oc1ccc2c(c1C)O/C(=C\c1cccc(OC)c1OC)C2=O. The highest BCUT2D eigenvalue weighted by Gasteiger charge is 2.31. The van der Waals surface area contributed by atoms with Gasteiger partial charge < -0.3 is 23.7 Å². The largest absolute Gasteiger partial charge is 0.493 e. The van der Waals surface area contributed by atoms with Crippen LogP contribution in [0.25, 0.3) is 6.08 Å². The summed E-state index contributed by atoms with van der Waals surface area (Å²) >= 11 is 0.